The summed E-state index contributed by atoms with van der Waals surface area (Å²) in [6.45, 7) is 0. The molecule has 0 aliphatic heterocycles. The van der Waals surface area contributed by atoms with Crippen LogP contribution in [0.3, 0.4) is 0 Å². The summed E-state index contributed by atoms with van der Waals surface area (Å²) in [6.07, 6.45) is 6.32. The zero-order valence-corrected chi connectivity index (χ0v) is 10.5. The van der Waals surface area contributed by atoms with Crippen LogP contribution in [0.25, 0.3) is 15.2 Å². The van der Waals surface area contributed by atoms with Crippen LogP contribution in [0.2, 0.25) is 0 Å². The number of para-hydroxylation sites is 1. The molecule has 0 saturated heterocycles. The second-order valence-electron chi connectivity index (χ2n) is 4.75. The van der Waals surface area contributed by atoms with Crippen molar-refractivity contribution in [2.75, 3.05) is 0 Å². The first kappa shape index (κ1) is 9.66. The lowest BCUT2D eigenvalue weighted by Crippen LogP contribution is -1.93. The van der Waals surface area contributed by atoms with Crippen LogP contribution in [0.15, 0.2) is 24.3 Å². The third-order valence-electron chi connectivity index (χ3n) is 3.66. The van der Waals surface area contributed by atoms with Crippen molar-refractivity contribution >= 4 is 26.5 Å². The molecule has 2 heterocycles. The molecule has 86 valence electrons. The monoisotopic (exact) mass is 242 g/mol. The smallest absolute Gasteiger partial charge is 0.195 e. The summed E-state index contributed by atoms with van der Waals surface area (Å²) in [6, 6.07) is 8.64. The van der Waals surface area contributed by atoms with Crippen molar-refractivity contribution in [3.8, 4) is 0 Å². The van der Waals surface area contributed by atoms with Crippen LogP contribution in [-0.2, 0) is 12.8 Å². The predicted molar refractivity (Wildman–Crippen MR) is 71.8 cm³/mol. The van der Waals surface area contributed by atoms with Crippen LogP contribution in [0.4, 0.5) is 0 Å². The largest absolute Gasteiger partial charge is 0.287 e. The highest BCUT2D eigenvalue weighted by molar-refractivity contribution is 7.23. The van der Waals surface area contributed by atoms with E-state index in [-0.39, 0.29) is 0 Å². The van der Waals surface area contributed by atoms with Crippen molar-refractivity contribution in [3.05, 3.63) is 35.7 Å². The first-order valence-electron chi connectivity index (χ1n) is 6.31. The molecule has 1 aliphatic rings. The Balaban J connectivity index is 2.10. The van der Waals surface area contributed by atoms with E-state index >= 15 is 0 Å². The molecule has 1 aliphatic carbocycles. The highest BCUT2D eigenvalue weighted by Crippen LogP contribution is 2.31. The lowest BCUT2D eigenvalue weighted by Gasteiger charge is -1.99. The number of aryl methyl sites for hydroxylation is 2. The number of aromatic nitrogens is 2. The van der Waals surface area contributed by atoms with Gasteiger partial charge in [-0.15, -0.1) is 0 Å². The molecule has 3 aromatic rings. The maximum atomic E-state index is 4.83. The van der Waals surface area contributed by atoms with Gasteiger partial charge in [-0.3, -0.25) is 4.40 Å². The van der Waals surface area contributed by atoms with E-state index in [0.717, 1.165) is 6.42 Å². The Labute approximate surface area is 104 Å². The molecule has 0 fully saturated rings. The zero-order valence-electron chi connectivity index (χ0n) is 9.65. The molecule has 17 heavy (non-hydrogen) atoms. The highest BCUT2D eigenvalue weighted by atomic mass is 32.1. The molecule has 0 amide bonds. The van der Waals surface area contributed by atoms with Gasteiger partial charge >= 0.3 is 0 Å². The van der Waals surface area contributed by atoms with Gasteiger partial charge in [0.2, 0.25) is 0 Å². The van der Waals surface area contributed by atoms with Crippen molar-refractivity contribution in [2.45, 2.75) is 32.1 Å². The van der Waals surface area contributed by atoms with Crippen molar-refractivity contribution < 1.29 is 0 Å². The summed E-state index contributed by atoms with van der Waals surface area (Å²) >= 11 is 1.81. The van der Waals surface area contributed by atoms with Gasteiger partial charge in [0.05, 0.1) is 15.9 Å². The Bertz CT molecular complexity index is 693. The van der Waals surface area contributed by atoms with Crippen molar-refractivity contribution in [3.63, 3.8) is 0 Å². The van der Waals surface area contributed by atoms with Crippen LogP contribution in [0.1, 0.15) is 30.7 Å². The minimum atomic E-state index is 1.16. The van der Waals surface area contributed by atoms with Gasteiger partial charge in [0.1, 0.15) is 0 Å². The summed E-state index contributed by atoms with van der Waals surface area (Å²) in [7, 11) is 0. The van der Waals surface area contributed by atoms with Crippen LogP contribution in [0.5, 0.6) is 0 Å². The predicted octanol–water partition coefficient (Wildman–Crippen LogP) is 3.82. The minimum Gasteiger partial charge on any atom is -0.287 e. The van der Waals surface area contributed by atoms with Gasteiger partial charge < -0.3 is 0 Å². The quantitative estimate of drug-likeness (QED) is 0.548. The van der Waals surface area contributed by atoms with E-state index in [4.69, 9.17) is 4.98 Å². The number of hydrogen-bond donors (Lipinski definition) is 0. The van der Waals surface area contributed by atoms with E-state index in [9.17, 15) is 0 Å². The molecule has 0 N–H and O–H groups in total. The molecule has 4 rings (SSSR count). The van der Waals surface area contributed by atoms with E-state index in [1.165, 1.54) is 52.2 Å². The van der Waals surface area contributed by atoms with Crippen LogP contribution in [0, 0.1) is 0 Å². The van der Waals surface area contributed by atoms with Crippen molar-refractivity contribution in [1.82, 2.24) is 9.38 Å². The fraction of sp³-hybridized carbons (Fsp3) is 0.357. The third kappa shape index (κ3) is 1.35. The van der Waals surface area contributed by atoms with Crippen molar-refractivity contribution in [2.24, 2.45) is 0 Å². The van der Waals surface area contributed by atoms with E-state index < -0.39 is 0 Å². The summed E-state index contributed by atoms with van der Waals surface area (Å²) in [5.74, 6) is 0. The Morgan fingerprint density at radius 1 is 1.06 bits per heavy atom. The second-order valence-corrected chi connectivity index (χ2v) is 5.76. The molecule has 2 aromatic heterocycles. The fourth-order valence-corrected chi connectivity index (χ4v) is 3.90. The molecule has 0 spiro atoms. The van der Waals surface area contributed by atoms with Gasteiger partial charge in [0, 0.05) is 5.69 Å². The lowest BCUT2D eigenvalue weighted by atomic mass is 10.2. The number of imidazole rings is 1. The Morgan fingerprint density at radius 2 is 1.94 bits per heavy atom. The topological polar surface area (TPSA) is 17.3 Å². The first-order chi connectivity index (χ1) is 8.43. The summed E-state index contributed by atoms with van der Waals surface area (Å²) in [4.78, 5) is 6.01. The number of benzene rings is 1. The van der Waals surface area contributed by atoms with Crippen LogP contribution < -0.4 is 0 Å². The van der Waals surface area contributed by atoms with E-state index in [1.54, 1.807) is 0 Å². The normalized spacial score (nSPS) is 16.2. The third-order valence-corrected chi connectivity index (χ3v) is 4.68. The lowest BCUT2D eigenvalue weighted by molar-refractivity contribution is 0.703. The number of hydrogen-bond acceptors (Lipinski definition) is 2. The SMILES string of the molecule is c1ccc2c(c1)sc1nc3c(n12)CCCCC3. The summed E-state index contributed by atoms with van der Waals surface area (Å²) in [5, 5.41) is 0. The average Bonchev–Trinajstić information content (AvgIpc) is 2.77. The van der Waals surface area contributed by atoms with E-state index in [0.29, 0.717) is 0 Å². The second kappa shape index (κ2) is 3.57. The molecule has 0 radical (unpaired) electrons. The first-order valence-corrected chi connectivity index (χ1v) is 7.13. The molecular formula is C14H14N2S. The van der Waals surface area contributed by atoms with Gasteiger partial charge in [0.25, 0.3) is 0 Å². The zero-order chi connectivity index (χ0) is 11.2. The molecule has 0 atom stereocenters. The number of thiazole rings is 1. The summed E-state index contributed by atoms with van der Waals surface area (Å²) in [5.41, 5.74) is 4.15. The maximum absolute atomic E-state index is 4.83. The van der Waals surface area contributed by atoms with Crippen LogP contribution in [-0.4, -0.2) is 9.38 Å². The summed E-state index contributed by atoms with van der Waals surface area (Å²) < 4.78 is 3.74. The number of rotatable bonds is 0. The Hall–Kier alpha value is -1.35. The maximum Gasteiger partial charge on any atom is 0.195 e. The minimum absolute atomic E-state index is 1.16. The standard InChI is InChI=1S/C14H14N2S/c1-2-6-10-11(7-3-1)16-12-8-4-5-9-13(12)17-14(16)15-10/h4-5,8-9H,1-3,6-7H2. The molecule has 1 aromatic carbocycles. The van der Waals surface area contributed by atoms with E-state index in [2.05, 4.69) is 28.7 Å². The Morgan fingerprint density at radius 3 is 2.94 bits per heavy atom. The molecule has 0 unspecified atom stereocenters. The number of fused-ring (bicyclic) bond motifs is 5. The van der Waals surface area contributed by atoms with Crippen molar-refractivity contribution in [1.29, 1.82) is 0 Å². The molecule has 0 bridgehead atoms. The van der Waals surface area contributed by atoms with Gasteiger partial charge in [-0.2, -0.15) is 0 Å². The molecule has 0 saturated carbocycles. The molecule has 3 heteroatoms. The fourth-order valence-electron chi connectivity index (χ4n) is 2.84. The van der Waals surface area contributed by atoms with Gasteiger partial charge in [0.15, 0.2) is 4.96 Å². The van der Waals surface area contributed by atoms with Gasteiger partial charge in [-0.25, -0.2) is 4.98 Å². The highest BCUT2D eigenvalue weighted by Gasteiger charge is 2.17. The van der Waals surface area contributed by atoms with E-state index in [1.807, 2.05) is 11.3 Å². The molecular weight excluding hydrogens is 228 g/mol. The average molecular weight is 242 g/mol. The molecule has 2 nitrogen and oxygen atoms in total. The Kier molecular flexibility index (Phi) is 2.03. The van der Waals surface area contributed by atoms with Crippen LogP contribution >= 0.6 is 11.3 Å². The van der Waals surface area contributed by atoms with Gasteiger partial charge in [-0.1, -0.05) is 29.9 Å². The van der Waals surface area contributed by atoms with Gasteiger partial charge in [-0.05, 0) is 37.8 Å². The number of nitrogens with zero attached hydrogens (tertiary/aromatic N) is 2.